The molecule has 1 aromatic carbocycles. The summed E-state index contributed by atoms with van der Waals surface area (Å²) in [5.41, 5.74) is 7.10. The number of hydrogen-bond acceptors (Lipinski definition) is 2. The van der Waals surface area contributed by atoms with E-state index in [9.17, 15) is 4.39 Å². The molecule has 15 heavy (non-hydrogen) atoms. The Kier molecular flexibility index (Phi) is 3.35. The van der Waals surface area contributed by atoms with Crippen molar-refractivity contribution in [3.8, 4) is 5.75 Å². The maximum absolute atomic E-state index is 13.3. The highest BCUT2D eigenvalue weighted by Gasteiger charge is 2.17. The van der Waals surface area contributed by atoms with Crippen molar-refractivity contribution in [2.24, 2.45) is 5.73 Å². The van der Waals surface area contributed by atoms with Crippen LogP contribution in [0.25, 0.3) is 0 Å². The van der Waals surface area contributed by atoms with Crippen molar-refractivity contribution in [3.63, 3.8) is 0 Å². The van der Waals surface area contributed by atoms with E-state index in [0.29, 0.717) is 17.7 Å². The van der Waals surface area contributed by atoms with Crippen molar-refractivity contribution in [1.29, 1.82) is 0 Å². The van der Waals surface area contributed by atoms with Crippen LogP contribution in [0, 0.1) is 12.7 Å². The first-order valence-electron chi connectivity index (χ1n) is 4.96. The van der Waals surface area contributed by atoms with Gasteiger partial charge in [0.25, 0.3) is 0 Å². The number of hydrogen-bond donors (Lipinski definition) is 1. The van der Waals surface area contributed by atoms with E-state index in [2.05, 4.69) is 0 Å². The Hall–Kier alpha value is -1.09. The van der Waals surface area contributed by atoms with Crippen LogP contribution in [0.1, 0.15) is 25.0 Å². The Bertz CT molecular complexity index is 355. The monoisotopic (exact) mass is 211 g/mol. The molecule has 0 aromatic heterocycles. The molecule has 0 fully saturated rings. The fourth-order valence-electron chi connectivity index (χ4n) is 1.64. The summed E-state index contributed by atoms with van der Waals surface area (Å²) in [4.78, 5) is 0. The predicted molar refractivity (Wildman–Crippen MR) is 59.7 cm³/mol. The minimum Gasteiger partial charge on any atom is -0.496 e. The molecule has 0 bridgehead atoms. The van der Waals surface area contributed by atoms with Crippen molar-refractivity contribution in [2.75, 3.05) is 7.11 Å². The fourth-order valence-corrected chi connectivity index (χ4v) is 1.64. The molecule has 3 heteroatoms. The molecule has 0 saturated heterocycles. The van der Waals surface area contributed by atoms with E-state index >= 15 is 0 Å². The van der Waals surface area contributed by atoms with Crippen molar-refractivity contribution in [1.82, 2.24) is 0 Å². The molecule has 2 nitrogen and oxygen atoms in total. The summed E-state index contributed by atoms with van der Waals surface area (Å²) >= 11 is 0. The van der Waals surface area contributed by atoms with E-state index in [1.165, 1.54) is 6.07 Å². The van der Waals surface area contributed by atoms with Crippen molar-refractivity contribution < 1.29 is 9.13 Å². The number of rotatable bonds is 3. The highest BCUT2D eigenvalue weighted by molar-refractivity contribution is 5.42. The van der Waals surface area contributed by atoms with Crippen LogP contribution < -0.4 is 10.5 Å². The van der Waals surface area contributed by atoms with Crippen LogP contribution in [0.3, 0.4) is 0 Å². The Labute approximate surface area is 90.2 Å². The topological polar surface area (TPSA) is 35.2 Å². The second-order valence-electron chi connectivity index (χ2n) is 4.53. The zero-order valence-electron chi connectivity index (χ0n) is 9.73. The third-order valence-electron chi connectivity index (χ3n) is 2.27. The molecule has 0 aliphatic heterocycles. The largest absolute Gasteiger partial charge is 0.496 e. The number of ether oxygens (including phenoxy) is 1. The van der Waals surface area contributed by atoms with Crippen molar-refractivity contribution in [3.05, 3.63) is 29.1 Å². The zero-order chi connectivity index (χ0) is 11.6. The molecule has 1 rings (SSSR count). The van der Waals surface area contributed by atoms with E-state index in [0.717, 1.165) is 5.56 Å². The lowest BCUT2D eigenvalue weighted by Gasteiger charge is -2.21. The van der Waals surface area contributed by atoms with Crippen molar-refractivity contribution in [2.45, 2.75) is 32.7 Å². The molecule has 0 aliphatic carbocycles. The van der Waals surface area contributed by atoms with Crippen LogP contribution >= 0.6 is 0 Å². The summed E-state index contributed by atoms with van der Waals surface area (Å²) in [6.07, 6.45) is 0.664. The maximum atomic E-state index is 13.3. The lowest BCUT2D eigenvalue weighted by atomic mass is 9.94. The van der Waals surface area contributed by atoms with E-state index in [1.807, 2.05) is 13.8 Å². The molecule has 2 N–H and O–H groups in total. The first kappa shape index (κ1) is 12.0. The van der Waals surface area contributed by atoms with E-state index < -0.39 is 0 Å². The number of methoxy groups -OCH3 is 1. The summed E-state index contributed by atoms with van der Waals surface area (Å²) in [5.74, 6) is 0.360. The van der Waals surface area contributed by atoms with Gasteiger partial charge in [0.2, 0.25) is 0 Å². The molecule has 0 atom stereocenters. The first-order chi connectivity index (χ1) is 6.85. The van der Waals surface area contributed by atoms with Crippen LogP contribution in [0.4, 0.5) is 4.39 Å². The SMILES string of the molecule is COc1c(CC(C)(C)N)ccc(F)c1C. The third-order valence-corrected chi connectivity index (χ3v) is 2.27. The number of benzene rings is 1. The minimum absolute atomic E-state index is 0.245. The van der Waals surface area contributed by atoms with Gasteiger partial charge in [0.1, 0.15) is 11.6 Å². The van der Waals surface area contributed by atoms with Gasteiger partial charge in [0.15, 0.2) is 0 Å². The second-order valence-corrected chi connectivity index (χ2v) is 4.53. The Balaban J connectivity index is 3.14. The normalized spacial score (nSPS) is 11.6. The molecule has 0 saturated carbocycles. The summed E-state index contributed by atoms with van der Waals surface area (Å²) in [6, 6.07) is 3.19. The van der Waals surface area contributed by atoms with Gasteiger partial charge in [-0.2, -0.15) is 0 Å². The molecule has 0 amide bonds. The number of halogens is 1. The number of nitrogens with two attached hydrogens (primary N) is 1. The maximum Gasteiger partial charge on any atom is 0.129 e. The van der Waals surface area contributed by atoms with Gasteiger partial charge in [-0.05, 0) is 38.8 Å². The Morgan fingerprint density at radius 1 is 1.40 bits per heavy atom. The molecule has 0 unspecified atom stereocenters. The standard InChI is InChI=1S/C12H18FNO/c1-8-10(13)6-5-9(11(8)15-4)7-12(2,3)14/h5-6H,7,14H2,1-4H3. The average Bonchev–Trinajstić information content (AvgIpc) is 2.10. The Morgan fingerprint density at radius 3 is 2.47 bits per heavy atom. The molecule has 0 heterocycles. The van der Waals surface area contributed by atoms with E-state index in [4.69, 9.17) is 10.5 Å². The average molecular weight is 211 g/mol. The lowest BCUT2D eigenvalue weighted by Crippen LogP contribution is -2.34. The van der Waals surface area contributed by atoms with Gasteiger partial charge in [-0.15, -0.1) is 0 Å². The molecule has 0 radical (unpaired) electrons. The van der Waals surface area contributed by atoms with Gasteiger partial charge in [-0.3, -0.25) is 0 Å². The van der Waals surface area contributed by atoms with Gasteiger partial charge in [0, 0.05) is 11.1 Å². The van der Waals surface area contributed by atoms with Crippen LogP contribution in [0.2, 0.25) is 0 Å². The summed E-state index contributed by atoms with van der Waals surface area (Å²) in [7, 11) is 1.55. The summed E-state index contributed by atoms with van der Waals surface area (Å²) in [6.45, 7) is 5.58. The first-order valence-corrected chi connectivity index (χ1v) is 4.96. The summed E-state index contributed by atoms with van der Waals surface area (Å²) in [5, 5.41) is 0. The smallest absolute Gasteiger partial charge is 0.129 e. The van der Waals surface area contributed by atoms with Crippen LogP contribution in [0.15, 0.2) is 12.1 Å². The van der Waals surface area contributed by atoms with Gasteiger partial charge < -0.3 is 10.5 Å². The third kappa shape index (κ3) is 2.93. The van der Waals surface area contributed by atoms with Crippen LogP contribution in [-0.2, 0) is 6.42 Å². The van der Waals surface area contributed by atoms with Gasteiger partial charge >= 0.3 is 0 Å². The minimum atomic E-state index is -0.322. The molecular formula is C12H18FNO. The van der Waals surface area contributed by atoms with Crippen LogP contribution in [-0.4, -0.2) is 12.6 Å². The summed E-state index contributed by atoms with van der Waals surface area (Å²) < 4.78 is 18.5. The van der Waals surface area contributed by atoms with Crippen molar-refractivity contribution >= 4 is 0 Å². The quantitative estimate of drug-likeness (QED) is 0.833. The highest BCUT2D eigenvalue weighted by atomic mass is 19.1. The fraction of sp³-hybridized carbons (Fsp3) is 0.500. The van der Waals surface area contributed by atoms with Crippen LogP contribution in [0.5, 0.6) is 5.75 Å². The predicted octanol–water partition coefficient (Wildman–Crippen LogP) is 2.42. The van der Waals surface area contributed by atoms with Gasteiger partial charge in [-0.1, -0.05) is 6.07 Å². The molecule has 84 valence electrons. The van der Waals surface area contributed by atoms with E-state index in [1.54, 1.807) is 20.1 Å². The highest BCUT2D eigenvalue weighted by Crippen LogP contribution is 2.27. The second kappa shape index (κ2) is 4.19. The lowest BCUT2D eigenvalue weighted by molar-refractivity contribution is 0.395. The Morgan fingerprint density at radius 2 is 2.00 bits per heavy atom. The molecule has 0 spiro atoms. The van der Waals surface area contributed by atoms with E-state index in [-0.39, 0.29) is 11.4 Å². The molecular weight excluding hydrogens is 193 g/mol. The molecule has 1 aromatic rings. The zero-order valence-corrected chi connectivity index (χ0v) is 9.73. The van der Waals surface area contributed by atoms with Gasteiger partial charge in [-0.25, -0.2) is 4.39 Å². The van der Waals surface area contributed by atoms with Gasteiger partial charge in [0.05, 0.1) is 7.11 Å². The molecule has 0 aliphatic rings.